The molecule has 1 N–H and O–H groups in total. The number of aromatic nitrogens is 3. The van der Waals surface area contributed by atoms with Crippen LogP contribution in [-0.2, 0) is 4.79 Å². The van der Waals surface area contributed by atoms with Crippen molar-refractivity contribution in [2.24, 2.45) is 5.92 Å². The number of fused-ring (bicyclic) bond motifs is 1. The summed E-state index contributed by atoms with van der Waals surface area (Å²) in [4.78, 5) is 21.0. The van der Waals surface area contributed by atoms with Crippen molar-refractivity contribution in [3.63, 3.8) is 0 Å². The SMILES string of the molecule is CC(C)C(NC(=O)CCCOc1cccc2ccccc12)c1nc(-c2ccncc2)no1. The molecule has 2 aromatic carbocycles. The van der Waals surface area contributed by atoms with Crippen molar-refractivity contribution >= 4 is 16.7 Å². The van der Waals surface area contributed by atoms with Gasteiger partial charge in [0.25, 0.3) is 0 Å². The number of carbonyl (C=O) groups is 1. The fourth-order valence-electron chi connectivity index (χ4n) is 3.48. The van der Waals surface area contributed by atoms with Crippen LogP contribution in [0.1, 0.15) is 38.6 Å². The molecular weight excluding hydrogens is 404 g/mol. The lowest BCUT2D eigenvalue weighted by Gasteiger charge is -2.18. The number of nitrogens with one attached hydrogen (secondary N) is 1. The Labute approximate surface area is 186 Å². The van der Waals surface area contributed by atoms with E-state index < -0.39 is 0 Å². The van der Waals surface area contributed by atoms with Gasteiger partial charge < -0.3 is 14.6 Å². The smallest absolute Gasteiger partial charge is 0.249 e. The zero-order valence-electron chi connectivity index (χ0n) is 18.2. The largest absolute Gasteiger partial charge is 0.493 e. The Kier molecular flexibility index (Phi) is 6.75. The second kappa shape index (κ2) is 10.0. The van der Waals surface area contributed by atoms with E-state index >= 15 is 0 Å². The number of nitrogens with zero attached hydrogens (tertiary/aromatic N) is 3. The molecule has 0 saturated carbocycles. The van der Waals surface area contributed by atoms with E-state index in [9.17, 15) is 4.79 Å². The Hall–Kier alpha value is -3.74. The van der Waals surface area contributed by atoms with Gasteiger partial charge >= 0.3 is 0 Å². The molecule has 7 heteroatoms. The predicted octanol–water partition coefficient (Wildman–Crippen LogP) is 4.96. The van der Waals surface area contributed by atoms with Gasteiger partial charge in [-0.25, -0.2) is 0 Å². The molecule has 4 aromatic rings. The third-order valence-corrected chi connectivity index (χ3v) is 5.18. The summed E-state index contributed by atoms with van der Waals surface area (Å²) in [6.45, 7) is 4.47. The number of amides is 1. The molecule has 0 fully saturated rings. The minimum absolute atomic E-state index is 0.0751. The Balaban J connectivity index is 1.31. The lowest BCUT2D eigenvalue weighted by atomic mass is 10.0. The van der Waals surface area contributed by atoms with Gasteiger partial charge in [-0.2, -0.15) is 4.98 Å². The first-order chi connectivity index (χ1) is 15.6. The molecule has 0 spiro atoms. The average molecular weight is 431 g/mol. The highest BCUT2D eigenvalue weighted by atomic mass is 16.5. The monoisotopic (exact) mass is 430 g/mol. The molecule has 2 heterocycles. The lowest BCUT2D eigenvalue weighted by Crippen LogP contribution is -2.32. The zero-order chi connectivity index (χ0) is 22.3. The van der Waals surface area contributed by atoms with Crippen LogP contribution in [0.4, 0.5) is 0 Å². The molecule has 1 unspecified atom stereocenters. The highest BCUT2D eigenvalue weighted by Gasteiger charge is 2.24. The van der Waals surface area contributed by atoms with Crippen LogP contribution in [0, 0.1) is 5.92 Å². The molecule has 2 aromatic heterocycles. The van der Waals surface area contributed by atoms with Gasteiger partial charge in [0.2, 0.25) is 17.6 Å². The number of hydrogen-bond donors (Lipinski definition) is 1. The fourth-order valence-corrected chi connectivity index (χ4v) is 3.48. The molecule has 0 aliphatic rings. The molecule has 4 rings (SSSR count). The molecule has 0 bridgehead atoms. The van der Waals surface area contributed by atoms with E-state index in [0.29, 0.717) is 31.2 Å². The first kappa shape index (κ1) is 21.5. The maximum atomic E-state index is 12.6. The van der Waals surface area contributed by atoms with Gasteiger partial charge in [0.05, 0.1) is 6.61 Å². The first-order valence-corrected chi connectivity index (χ1v) is 10.8. The van der Waals surface area contributed by atoms with E-state index in [1.807, 2.05) is 56.3 Å². The van der Waals surface area contributed by atoms with Crippen molar-refractivity contribution in [2.75, 3.05) is 6.61 Å². The molecule has 0 radical (unpaired) electrons. The molecule has 1 amide bonds. The number of ether oxygens (including phenoxy) is 1. The van der Waals surface area contributed by atoms with Crippen LogP contribution < -0.4 is 10.1 Å². The summed E-state index contributed by atoms with van der Waals surface area (Å²) >= 11 is 0. The van der Waals surface area contributed by atoms with Gasteiger partial charge in [-0.05, 0) is 35.9 Å². The van der Waals surface area contributed by atoms with Crippen molar-refractivity contribution in [1.82, 2.24) is 20.4 Å². The van der Waals surface area contributed by atoms with E-state index in [1.54, 1.807) is 12.4 Å². The highest BCUT2D eigenvalue weighted by molar-refractivity contribution is 5.88. The summed E-state index contributed by atoms with van der Waals surface area (Å²) in [7, 11) is 0. The second-order valence-corrected chi connectivity index (χ2v) is 7.91. The van der Waals surface area contributed by atoms with Crippen molar-refractivity contribution in [2.45, 2.75) is 32.7 Å². The number of rotatable bonds is 9. The van der Waals surface area contributed by atoms with Crippen LogP contribution in [0.5, 0.6) is 5.75 Å². The minimum atomic E-state index is -0.357. The maximum Gasteiger partial charge on any atom is 0.249 e. The Morgan fingerprint density at radius 2 is 1.84 bits per heavy atom. The molecule has 7 nitrogen and oxygen atoms in total. The topological polar surface area (TPSA) is 90.1 Å². The lowest BCUT2D eigenvalue weighted by molar-refractivity contribution is -0.122. The molecule has 0 aliphatic carbocycles. The third kappa shape index (κ3) is 5.11. The van der Waals surface area contributed by atoms with E-state index in [2.05, 4.69) is 32.6 Å². The average Bonchev–Trinajstić information content (AvgIpc) is 3.30. The maximum absolute atomic E-state index is 12.6. The highest BCUT2D eigenvalue weighted by Crippen LogP contribution is 2.26. The van der Waals surface area contributed by atoms with Gasteiger partial charge in [-0.1, -0.05) is 55.4 Å². The standard InChI is InChI=1S/C25H26N4O3/c1-17(2)23(25-28-24(29-32-25)19-12-14-26-15-13-19)27-22(30)11-6-16-31-21-10-5-8-18-7-3-4-9-20(18)21/h3-5,7-10,12-15,17,23H,6,11,16H2,1-2H3,(H,27,30). The van der Waals surface area contributed by atoms with Gasteiger partial charge in [0.1, 0.15) is 11.8 Å². The zero-order valence-corrected chi connectivity index (χ0v) is 18.2. The Morgan fingerprint density at radius 1 is 1.06 bits per heavy atom. The quantitative estimate of drug-likeness (QED) is 0.378. The third-order valence-electron chi connectivity index (χ3n) is 5.18. The van der Waals surface area contributed by atoms with Crippen molar-refractivity contribution < 1.29 is 14.1 Å². The minimum Gasteiger partial charge on any atom is -0.493 e. The van der Waals surface area contributed by atoms with Crippen LogP contribution in [0.2, 0.25) is 0 Å². The summed E-state index contributed by atoms with van der Waals surface area (Å²) in [6, 6.07) is 17.3. The molecule has 1 atom stereocenters. The Bertz CT molecular complexity index is 1170. The Morgan fingerprint density at radius 3 is 2.66 bits per heavy atom. The number of carbonyl (C=O) groups excluding carboxylic acids is 1. The summed E-state index contributed by atoms with van der Waals surface area (Å²) in [5.41, 5.74) is 0.814. The second-order valence-electron chi connectivity index (χ2n) is 7.91. The van der Waals surface area contributed by atoms with Gasteiger partial charge in [0, 0.05) is 29.8 Å². The van der Waals surface area contributed by atoms with E-state index in [-0.39, 0.29) is 17.9 Å². The van der Waals surface area contributed by atoms with Crippen LogP contribution in [0.15, 0.2) is 71.5 Å². The summed E-state index contributed by atoms with van der Waals surface area (Å²) in [6.07, 6.45) is 4.30. The molecule has 0 aliphatic heterocycles. The molecule has 164 valence electrons. The number of pyridine rings is 1. The molecular formula is C25H26N4O3. The van der Waals surface area contributed by atoms with Crippen molar-refractivity contribution in [3.05, 3.63) is 72.9 Å². The molecule has 0 saturated heterocycles. The van der Waals surface area contributed by atoms with E-state index in [4.69, 9.17) is 9.26 Å². The first-order valence-electron chi connectivity index (χ1n) is 10.8. The normalized spacial score (nSPS) is 12.1. The number of hydrogen-bond acceptors (Lipinski definition) is 6. The van der Waals surface area contributed by atoms with Gasteiger partial charge in [-0.15, -0.1) is 0 Å². The summed E-state index contributed by atoms with van der Waals surface area (Å²) < 4.78 is 11.4. The number of benzene rings is 2. The van der Waals surface area contributed by atoms with Gasteiger partial charge in [-0.3, -0.25) is 9.78 Å². The van der Waals surface area contributed by atoms with Crippen LogP contribution in [-0.4, -0.2) is 27.6 Å². The van der Waals surface area contributed by atoms with Gasteiger partial charge in [0.15, 0.2) is 0 Å². The van der Waals surface area contributed by atoms with Crippen LogP contribution >= 0.6 is 0 Å². The van der Waals surface area contributed by atoms with Crippen molar-refractivity contribution in [3.8, 4) is 17.1 Å². The van der Waals surface area contributed by atoms with E-state index in [1.165, 1.54) is 0 Å². The fraction of sp³-hybridized carbons (Fsp3) is 0.280. The summed E-state index contributed by atoms with van der Waals surface area (Å²) in [5, 5.41) is 9.27. The molecule has 32 heavy (non-hydrogen) atoms. The van der Waals surface area contributed by atoms with Crippen molar-refractivity contribution in [1.29, 1.82) is 0 Å². The van der Waals surface area contributed by atoms with Crippen LogP contribution in [0.3, 0.4) is 0 Å². The van der Waals surface area contributed by atoms with E-state index in [0.717, 1.165) is 22.1 Å². The van der Waals surface area contributed by atoms with Crippen LogP contribution in [0.25, 0.3) is 22.2 Å². The summed E-state index contributed by atoms with van der Waals surface area (Å²) in [5.74, 6) is 1.72. The predicted molar refractivity (Wildman–Crippen MR) is 122 cm³/mol.